The van der Waals surface area contributed by atoms with E-state index in [0.717, 1.165) is 57.7 Å². The van der Waals surface area contributed by atoms with E-state index < -0.39 is 17.8 Å². The molecule has 8 rings (SSSR count). The molecule has 0 radical (unpaired) electrons. The first-order valence-corrected chi connectivity index (χ1v) is 19.9. The summed E-state index contributed by atoms with van der Waals surface area (Å²) in [6.07, 6.45) is 11.0. The second-order valence-electron chi connectivity index (χ2n) is 19.9. The molecule has 8 heteroatoms. The predicted octanol–water partition coefficient (Wildman–Crippen LogP) is 6.31. The van der Waals surface area contributed by atoms with E-state index >= 15 is 0 Å². The Morgan fingerprint density at radius 1 is 1.02 bits per heavy atom. The fourth-order valence-electron chi connectivity index (χ4n) is 14.6. The molecule has 6 saturated carbocycles. The molecular weight excluding hydrogens is 604 g/mol. The lowest BCUT2D eigenvalue weighted by molar-refractivity contribution is -0.215. The lowest BCUT2D eigenvalue weighted by Gasteiger charge is -2.63. The van der Waals surface area contributed by atoms with Crippen LogP contribution in [0.15, 0.2) is 0 Å². The highest BCUT2D eigenvalue weighted by Gasteiger charge is 2.84. The third-order valence-electron chi connectivity index (χ3n) is 17.2. The molecule has 0 aromatic carbocycles. The SMILES string of the molecule is CCO[C@@H]([C@H]1C[C@@H](C)[C@H]2[C@H](O1)[C@H](O)[C@@]1(C)[C@@H]3CC[C@H]4C(C)(C)[C@@H](OC(=O)NC5CN(C6CCC6)C5)CC[C@@]45C[C@@]35CC[C@]21C)C(C)(C)O. The van der Waals surface area contributed by atoms with E-state index in [1.807, 2.05) is 20.8 Å². The minimum atomic E-state index is -1.02. The van der Waals surface area contributed by atoms with Gasteiger partial charge in [0.1, 0.15) is 12.2 Å². The summed E-state index contributed by atoms with van der Waals surface area (Å²) in [5, 5.41) is 26.8. The summed E-state index contributed by atoms with van der Waals surface area (Å²) >= 11 is 0. The van der Waals surface area contributed by atoms with Gasteiger partial charge in [0.05, 0.1) is 30.0 Å². The lowest BCUT2D eigenvalue weighted by Crippen LogP contribution is -2.64. The maximum atomic E-state index is 13.2. The molecule has 6 aliphatic carbocycles. The number of likely N-dealkylation sites (tertiary alicyclic amines) is 1. The average Bonchev–Trinajstić information content (AvgIpc) is 3.59. The number of nitrogens with zero attached hydrogens (tertiary/aromatic N) is 1. The van der Waals surface area contributed by atoms with Crippen LogP contribution in [0.1, 0.15) is 126 Å². The molecule has 272 valence electrons. The van der Waals surface area contributed by atoms with E-state index in [1.54, 1.807) is 0 Å². The normalized spacial score (nSPS) is 50.4. The number of fused-ring (bicyclic) bond motifs is 4. The molecule has 48 heavy (non-hydrogen) atoms. The Morgan fingerprint density at radius 3 is 2.35 bits per heavy atom. The quantitative estimate of drug-likeness (QED) is 0.292. The van der Waals surface area contributed by atoms with Gasteiger partial charge in [-0.25, -0.2) is 4.79 Å². The smallest absolute Gasteiger partial charge is 0.407 e. The van der Waals surface area contributed by atoms with Crippen LogP contribution in [0.4, 0.5) is 4.79 Å². The van der Waals surface area contributed by atoms with Crippen molar-refractivity contribution in [3.05, 3.63) is 0 Å². The minimum absolute atomic E-state index is 0.00644. The van der Waals surface area contributed by atoms with Crippen molar-refractivity contribution < 1.29 is 29.2 Å². The third kappa shape index (κ3) is 4.46. The Kier molecular flexibility index (Phi) is 7.86. The van der Waals surface area contributed by atoms with Gasteiger partial charge < -0.3 is 29.7 Å². The zero-order valence-electron chi connectivity index (χ0n) is 31.2. The average molecular weight is 671 g/mol. The van der Waals surface area contributed by atoms with Crippen LogP contribution in [0.2, 0.25) is 0 Å². The van der Waals surface area contributed by atoms with Crippen molar-refractivity contribution in [3.63, 3.8) is 0 Å². The number of hydrogen-bond acceptors (Lipinski definition) is 7. The van der Waals surface area contributed by atoms with Crippen LogP contribution in [0.5, 0.6) is 0 Å². The molecule has 0 aromatic heterocycles. The monoisotopic (exact) mass is 670 g/mol. The maximum Gasteiger partial charge on any atom is 0.407 e. The van der Waals surface area contributed by atoms with Crippen LogP contribution >= 0.6 is 0 Å². The van der Waals surface area contributed by atoms with Gasteiger partial charge in [-0.1, -0.05) is 41.0 Å². The molecule has 0 aromatic rings. The van der Waals surface area contributed by atoms with Gasteiger partial charge in [0.2, 0.25) is 0 Å². The van der Waals surface area contributed by atoms with Gasteiger partial charge in [-0.15, -0.1) is 0 Å². The number of nitrogens with one attached hydrogen (secondary N) is 1. The fourth-order valence-corrected chi connectivity index (χ4v) is 14.6. The molecule has 2 saturated heterocycles. The molecule has 2 spiro atoms. The number of carbonyl (C=O) groups is 1. The van der Waals surface area contributed by atoms with Gasteiger partial charge in [-0.3, -0.25) is 4.90 Å². The summed E-state index contributed by atoms with van der Waals surface area (Å²) in [6, 6.07) is 0.960. The molecule has 8 fully saturated rings. The summed E-state index contributed by atoms with van der Waals surface area (Å²) in [7, 11) is 0. The topological polar surface area (TPSA) is 100 Å². The van der Waals surface area contributed by atoms with Crippen molar-refractivity contribution in [1.82, 2.24) is 10.2 Å². The van der Waals surface area contributed by atoms with Crippen LogP contribution in [0, 0.1) is 50.7 Å². The molecule has 8 nitrogen and oxygen atoms in total. The molecule has 13 atom stereocenters. The minimum Gasteiger partial charge on any atom is -0.446 e. The van der Waals surface area contributed by atoms with Gasteiger partial charge in [0.15, 0.2) is 0 Å². The van der Waals surface area contributed by atoms with Gasteiger partial charge in [-0.2, -0.15) is 0 Å². The van der Waals surface area contributed by atoms with Gasteiger partial charge in [0.25, 0.3) is 0 Å². The van der Waals surface area contributed by atoms with Crippen molar-refractivity contribution in [2.45, 2.75) is 174 Å². The molecule has 1 amide bonds. The summed E-state index contributed by atoms with van der Waals surface area (Å²) in [5.74, 6) is 1.65. The second kappa shape index (κ2) is 11.0. The summed E-state index contributed by atoms with van der Waals surface area (Å²) in [4.78, 5) is 15.7. The van der Waals surface area contributed by atoms with E-state index in [-0.39, 0.29) is 63.4 Å². The Bertz CT molecular complexity index is 1270. The number of aliphatic hydroxyl groups is 2. The molecule has 0 bridgehead atoms. The first kappa shape index (κ1) is 34.2. The highest BCUT2D eigenvalue weighted by molar-refractivity contribution is 5.68. The first-order chi connectivity index (χ1) is 22.5. The molecular formula is C40H66N2O6. The van der Waals surface area contributed by atoms with Crippen molar-refractivity contribution in [1.29, 1.82) is 0 Å². The number of alkyl carbamates (subject to hydrolysis) is 1. The fraction of sp³-hybridized carbons (Fsp3) is 0.975. The van der Waals surface area contributed by atoms with E-state index in [0.29, 0.717) is 24.4 Å². The van der Waals surface area contributed by atoms with Crippen LogP contribution in [0.3, 0.4) is 0 Å². The largest absolute Gasteiger partial charge is 0.446 e. The number of hydrogen-bond donors (Lipinski definition) is 3. The Balaban J connectivity index is 0.988. The summed E-state index contributed by atoms with van der Waals surface area (Å²) < 4.78 is 19.4. The van der Waals surface area contributed by atoms with E-state index in [1.165, 1.54) is 32.1 Å². The number of ether oxygens (including phenoxy) is 3. The van der Waals surface area contributed by atoms with Gasteiger partial charge in [-0.05, 0) is 125 Å². The van der Waals surface area contributed by atoms with Crippen LogP contribution in [-0.4, -0.2) is 89.1 Å². The maximum absolute atomic E-state index is 13.2. The molecule has 3 N–H and O–H groups in total. The van der Waals surface area contributed by atoms with E-state index in [9.17, 15) is 15.0 Å². The van der Waals surface area contributed by atoms with Crippen LogP contribution < -0.4 is 5.32 Å². The van der Waals surface area contributed by atoms with Crippen molar-refractivity contribution in [3.8, 4) is 0 Å². The highest BCUT2D eigenvalue weighted by Crippen LogP contribution is 2.89. The lowest BCUT2D eigenvalue weighted by atomic mass is 9.41. The van der Waals surface area contributed by atoms with Crippen molar-refractivity contribution >= 4 is 6.09 Å². The van der Waals surface area contributed by atoms with Crippen molar-refractivity contribution in [2.75, 3.05) is 19.7 Å². The van der Waals surface area contributed by atoms with Crippen LogP contribution in [-0.2, 0) is 14.2 Å². The number of amides is 1. The number of carbonyl (C=O) groups excluding carboxylic acids is 1. The molecule has 0 unspecified atom stereocenters. The zero-order valence-corrected chi connectivity index (χ0v) is 31.2. The van der Waals surface area contributed by atoms with Crippen molar-refractivity contribution in [2.24, 2.45) is 50.7 Å². The van der Waals surface area contributed by atoms with Gasteiger partial charge >= 0.3 is 6.09 Å². The molecule has 2 heterocycles. The third-order valence-corrected chi connectivity index (χ3v) is 17.2. The summed E-state index contributed by atoms with van der Waals surface area (Å²) in [6.45, 7) is 20.1. The van der Waals surface area contributed by atoms with Gasteiger partial charge in [0, 0.05) is 36.6 Å². The second-order valence-corrected chi connectivity index (χ2v) is 19.9. The van der Waals surface area contributed by atoms with E-state index in [4.69, 9.17) is 14.2 Å². The number of aliphatic hydroxyl groups excluding tert-OH is 1. The highest BCUT2D eigenvalue weighted by atomic mass is 16.6. The molecule has 8 aliphatic rings. The summed E-state index contributed by atoms with van der Waals surface area (Å²) in [5.41, 5.74) is -0.814. The van der Waals surface area contributed by atoms with E-state index in [2.05, 4.69) is 44.8 Å². The predicted molar refractivity (Wildman–Crippen MR) is 184 cm³/mol. The Morgan fingerprint density at radius 2 is 1.71 bits per heavy atom. The zero-order chi connectivity index (χ0) is 34.2. The molecule has 2 aliphatic heterocycles. The standard InChI is InChI=1S/C40H66N2O6/c1-9-46-33(36(5,6)45)26-19-23(2)30-31(47-26)32(43)38(8)28-14-13-27-35(3,4)29(15-16-39(27)22-40(28,39)18-17-37(30,38)7)48-34(44)41-24-20-42(21-24)25-11-10-12-25/h23-33,43,45H,9-22H2,1-8H3,(H,41,44)/t23-,26-,27+,28+,29+,30+,31+,32+,33+,37-,38-,39-,40+/m1/s1. The first-order valence-electron chi connectivity index (χ1n) is 19.9. The Hall–Kier alpha value is -0.930. The Labute approximate surface area is 289 Å². The van der Waals surface area contributed by atoms with Crippen LogP contribution in [0.25, 0.3) is 0 Å². The number of rotatable bonds is 7.